The third kappa shape index (κ3) is 4.44. The fourth-order valence-corrected chi connectivity index (χ4v) is 3.88. The second-order valence-electron chi connectivity index (χ2n) is 6.79. The summed E-state index contributed by atoms with van der Waals surface area (Å²) < 4.78 is 5.20. The molecule has 1 saturated heterocycles. The molecule has 0 aromatic carbocycles. The van der Waals surface area contributed by atoms with Gasteiger partial charge in [-0.1, -0.05) is 11.6 Å². The molecule has 0 spiro atoms. The van der Waals surface area contributed by atoms with Crippen molar-refractivity contribution < 1.29 is 24.9 Å². The molecular weight excluding hydrogens is 388 g/mol. The standard InChI is InChI=1S/C18H23ClN4O5/c1-28-15-3-2-13-17(22-15)16(11(19)6-20-13)10(9-24)7-23-5-4-12(14(25)8-23)21-18(26)27/h2-3,6,10,12,14,21,24-25H,4-5,7-9H2,1H3,(H,26,27)/t10?,12-,14-/m0/s1. The number of ether oxygens (including phenoxy) is 1. The van der Waals surface area contributed by atoms with Crippen molar-refractivity contribution >= 4 is 28.7 Å². The molecule has 2 aromatic rings. The van der Waals surface area contributed by atoms with Crippen LogP contribution in [0.15, 0.2) is 18.3 Å². The number of likely N-dealkylation sites (tertiary alicyclic amines) is 1. The SMILES string of the molecule is COc1ccc2ncc(Cl)c(C(CO)CN3CC[C@H](NC(=O)O)[C@@H](O)C3)c2n1. The Hall–Kier alpha value is -2.20. The lowest BCUT2D eigenvalue weighted by atomic mass is 9.95. The molecule has 2 aromatic heterocycles. The molecular formula is C18H23ClN4O5. The number of nitrogens with one attached hydrogen (secondary N) is 1. The number of aliphatic hydroxyl groups excluding tert-OH is 2. The first kappa shape index (κ1) is 20.5. The molecule has 0 aliphatic carbocycles. The fraction of sp³-hybridized carbons (Fsp3) is 0.500. The van der Waals surface area contributed by atoms with Crippen LogP contribution in [-0.4, -0.2) is 81.8 Å². The van der Waals surface area contributed by atoms with Crippen LogP contribution in [-0.2, 0) is 0 Å². The molecule has 3 rings (SSSR count). The van der Waals surface area contributed by atoms with Gasteiger partial charge in [0.05, 0.1) is 41.9 Å². The largest absolute Gasteiger partial charge is 0.481 e. The molecule has 1 aliphatic heterocycles. The van der Waals surface area contributed by atoms with E-state index in [2.05, 4.69) is 15.3 Å². The Balaban J connectivity index is 1.82. The van der Waals surface area contributed by atoms with E-state index in [1.807, 2.05) is 4.90 Å². The maximum absolute atomic E-state index is 10.8. The average Bonchev–Trinajstić information content (AvgIpc) is 2.67. The van der Waals surface area contributed by atoms with Gasteiger partial charge in [-0.05, 0) is 12.5 Å². The monoisotopic (exact) mass is 410 g/mol. The molecule has 1 unspecified atom stereocenters. The molecule has 1 aliphatic rings. The predicted octanol–water partition coefficient (Wildman–Crippen LogP) is 1.07. The van der Waals surface area contributed by atoms with Crippen LogP contribution in [0.3, 0.4) is 0 Å². The number of methoxy groups -OCH3 is 1. The topological polar surface area (TPSA) is 128 Å². The summed E-state index contributed by atoms with van der Waals surface area (Å²) in [6, 6.07) is 2.98. The van der Waals surface area contributed by atoms with Crippen LogP contribution >= 0.6 is 11.6 Å². The molecule has 1 fully saturated rings. The summed E-state index contributed by atoms with van der Waals surface area (Å²) in [7, 11) is 1.52. The number of carboxylic acid groups (broad SMARTS) is 1. The van der Waals surface area contributed by atoms with Gasteiger partial charge in [0.15, 0.2) is 0 Å². The number of halogens is 1. The lowest BCUT2D eigenvalue weighted by Crippen LogP contribution is -2.54. The van der Waals surface area contributed by atoms with Crippen molar-refractivity contribution in [2.75, 3.05) is 33.4 Å². The predicted molar refractivity (Wildman–Crippen MR) is 103 cm³/mol. The number of carbonyl (C=O) groups is 1. The quantitative estimate of drug-likeness (QED) is 0.556. The number of piperidine rings is 1. The second kappa shape index (κ2) is 8.87. The van der Waals surface area contributed by atoms with Gasteiger partial charge in [-0.3, -0.25) is 9.88 Å². The number of nitrogens with zero attached hydrogens (tertiary/aromatic N) is 3. The molecule has 10 heteroatoms. The summed E-state index contributed by atoms with van der Waals surface area (Å²) in [5.41, 5.74) is 1.88. The molecule has 0 saturated carbocycles. The Morgan fingerprint density at radius 2 is 2.29 bits per heavy atom. The van der Waals surface area contributed by atoms with Gasteiger partial charge in [0, 0.05) is 43.4 Å². The Morgan fingerprint density at radius 1 is 1.50 bits per heavy atom. The maximum atomic E-state index is 10.8. The zero-order valence-corrected chi connectivity index (χ0v) is 16.1. The number of aromatic nitrogens is 2. The number of amides is 1. The molecule has 4 N–H and O–H groups in total. The first-order valence-electron chi connectivity index (χ1n) is 8.92. The lowest BCUT2D eigenvalue weighted by Gasteiger charge is -2.37. The first-order chi connectivity index (χ1) is 13.4. The van der Waals surface area contributed by atoms with Gasteiger partial charge in [-0.25, -0.2) is 9.78 Å². The van der Waals surface area contributed by atoms with E-state index in [4.69, 9.17) is 21.4 Å². The van der Waals surface area contributed by atoms with Crippen LogP contribution in [0.25, 0.3) is 11.0 Å². The summed E-state index contributed by atoms with van der Waals surface area (Å²) in [6.07, 6.45) is 0.0315. The number of pyridine rings is 2. The lowest BCUT2D eigenvalue weighted by molar-refractivity contribution is 0.0354. The highest BCUT2D eigenvalue weighted by molar-refractivity contribution is 6.32. The van der Waals surface area contributed by atoms with Crippen molar-refractivity contribution in [3.05, 3.63) is 28.9 Å². The molecule has 3 heterocycles. The highest BCUT2D eigenvalue weighted by Crippen LogP contribution is 2.32. The molecule has 1 amide bonds. The van der Waals surface area contributed by atoms with Gasteiger partial charge in [-0.2, -0.15) is 0 Å². The van der Waals surface area contributed by atoms with Crippen molar-refractivity contribution in [3.63, 3.8) is 0 Å². The van der Waals surface area contributed by atoms with E-state index in [1.54, 1.807) is 12.1 Å². The minimum Gasteiger partial charge on any atom is -0.481 e. The van der Waals surface area contributed by atoms with E-state index in [1.165, 1.54) is 13.3 Å². The normalized spacial score (nSPS) is 21.4. The third-order valence-corrected chi connectivity index (χ3v) is 5.27. The maximum Gasteiger partial charge on any atom is 0.404 e. The van der Waals surface area contributed by atoms with Gasteiger partial charge >= 0.3 is 6.09 Å². The van der Waals surface area contributed by atoms with Crippen molar-refractivity contribution in [2.45, 2.75) is 24.5 Å². The van der Waals surface area contributed by atoms with E-state index in [0.717, 1.165) is 0 Å². The van der Waals surface area contributed by atoms with Crippen molar-refractivity contribution in [2.24, 2.45) is 0 Å². The Morgan fingerprint density at radius 3 is 2.93 bits per heavy atom. The van der Waals surface area contributed by atoms with Gasteiger partial charge in [0.25, 0.3) is 0 Å². The number of rotatable bonds is 6. The van der Waals surface area contributed by atoms with Crippen LogP contribution < -0.4 is 10.1 Å². The summed E-state index contributed by atoms with van der Waals surface area (Å²) >= 11 is 6.40. The number of aliphatic hydroxyl groups is 2. The fourth-order valence-electron chi connectivity index (χ4n) is 3.59. The zero-order valence-electron chi connectivity index (χ0n) is 15.4. The molecule has 152 valence electrons. The molecule has 0 bridgehead atoms. The summed E-state index contributed by atoms with van der Waals surface area (Å²) in [5.74, 6) is 0.0688. The molecule has 9 nitrogen and oxygen atoms in total. The van der Waals surface area contributed by atoms with E-state index in [-0.39, 0.29) is 12.5 Å². The van der Waals surface area contributed by atoms with Crippen LogP contribution in [0.1, 0.15) is 17.9 Å². The Labute approximate surface area is 166 Å². The average molecular weight is 411 g/mol. The Bertz CT molecular complexity index is 852. The molecule has 0 radical (unpaired) electrons. The number of hydrogen-bond donors (Lipinski definition) is 4. The summed E-state index contributed by atoms with van der Waals surface area (Å²) in [4.78, 5) is 21.5. The van der Waals surface area contributed by atoms with Crippen molar-refractivity contribution in [1.29, 1.82) is 0 Å². The smallest absolute Gasteiger partial charge is 0.404 e. The van der Waals surface area contributed by atoms with Crippen LogP contribution in [0.5, 0.6) is 5.88 Å². The second-order valence-corrected chi connectivity index (χ2v) is 7.20. The zero-order chi connectivity index (χ0) is 20.3. The third-order valence-electron chi connectivity index (χ3n) is 4.97. The highest BCUT2D eigenvalue weighted by Gasteiger charge is 2.31. The van der Waals surface area contributed by atoms with E-state index < -0.39 is 18.2 Å². The van der Waals surface area contributed by atoms with Gasteiger partial charge in [-0.15, -0.1) is 0 Å². The highest BCUT2D eigenvalue weighted by atomic mass is 35.5. The number of hydrogen-bond acceptors (Lipinski definition) is 7. The molecule has 28 heavy (non-hydrogen) atoms. The summed E-state index contributed by atoms with van der Waals surface area (Å²) in [5, 5.41) is 31.9. The summed E-state index contributed by atoms with van der Waals surface area (Å²) in [6.45, 7) is 1.14. The van der Waals surface area contributed by atoms with Crippen LogP contribution in [0, 0.1) is 0 Å². The van der Waals surface area contributed by atoms with E-state index in [0.29, 0.717) is 53.6 Å². The minimum absolute atomic E-state index is 0.166. The van der Waals surface area contributed by atoms with Gasteiger partial charge in [0.2, 0.25) is 5.88 Å². The molecule has 3 atom stereocenters. The van der Waals surface area contributed by atoms with Crippen LogP contribution in [0.2, 0.25) is 5.02 Å². The van der Waals surface area contributed by atoms with Crippen molar-refractivity contribution in [1.82, 2.24) is 20.2 Å². The van der Waals surface area contributed by atoms with E-state index in [9.17, 15) is 15.0 Å². The number of β-amino-alcohol motifs (C(OH)–C–C–N with tert-alkyl or cyclic N) is 1. The van der Waals surface area contributed by atoms with Gasteiger partial charge < -0.3 is 25.4 Å². The van der Waals surface area contributed by atoms with Crippen LogP contribution in [0.4, 0.5) is 4.79 Å². The minimum atomic E-state index is -1.15. The van der Waals surface area contributed by atoms with E-state index >= 15 is 0 Å². The van der Waals surface area contributed by atoms with Crippen molar-refractivity contribution in [3.8, 4) is 5.88 Å². The first-order valence-corrected chi connectivity index (χ1v) is 9.30. The van der Waals surface area contributed by atoms with Gasteiger partial charge in [0.1, 0.15) is 0 Å². The number of fused-ring (bicyclic) bond motifs is 1. The Kier molecular flexibility index (Phi) is 6.50.